The molecule has 3 aliphatic rings. The molecular weight excluding hydrogens is 364 g/mol. The van der Waals surface area contributed by atoms with E-state index in [1.807, 2.05) is 6.07 Å². The van der Waals surface area contributed by atoms with Crippen molar-refractivity contribution < 1.29 is 4.74 Å². The van der Waals surface area contributed by atoms with Gasteiger partial charge in [0.1, 0.15) is 24.0 Å². The van der Waals surface area contributed by atoms with Crippen molar-refractivity contribution >= 4 is 16.9 Å². The third-order valence-corrected chi connectivity index (χ3v) is 7.90. The number of nitrogens with one attached hydrogen (secondary N) is 1. The van der Waals surface area contributed by atoms with E-state index in [1.165, 1.54) is 38.6 Å². The summed E-state index contributed by atoms with van der Waals surface area (Å²) in [6.07, 6.45) is 10.4. The summed E-state index contributed by atoms with van der Waals surface area (Å²) in [6, 6.07) is 2.01. The molecule has 1 spiro atoms. The third-order valence-electron chi connectivity index (χ3n) is 7.90. The summed E-state index contributed by atoms with van der Waals surface area (Å²) >= 11 is 0. The number of fused-ring (bicyclic) bond motifs is 1. The van der Waals surface area contributed by atoms with E-state index in [0.717, 1.165) is 30.7 Å². The van der Waals surface area contributed by atoms with Crippen LogP contribution in [-0.4, -0.2) is 57.3 Å². The van der Waals surface area contributed by atoms with Gasteiger partial charge in [0.2, 0.25) is 0 Å². The minimum atomic E-state index is -0.00356. The molecule has 0 bridgehead atoms. The maximum Gasteiger partial charge on any atom is 0.147 e. The van der Waals surface area contributed by atoms with Crippen LogP contribution < -0.4 is 11.1 Å². The quantitative estimate of drug-likeness (QED) is 0.827. The van der Waals surface area contributed by atoms with Crippen LogP contribution in [0.25, 0.3) is 11.0 Å². The molecule has 3 saturated heterocycles. The summed E-state index contributed by atoms with van der Waals surface area (Å²) in [5.41, 5.74) is 7.30. The molecule has 158 valence electrons. The van der Waals surface area contributed by atoms with Crippen molar-refractivity contribution in [3.05, 3.63) is 18.6 Å². The molecule has 3 aliphatic heterocycles. The molecule has 0 aliphatic carbocycles. The van der Waals surface area contributed by atoms with Gasteiger partial charge in [0.05, 0.1) is 11.5 Å². The molecule has 1 unspecified atom stereocenters. The highest BCUT2D eigenvalue weighted by molar-refractivity contribution is 5.86. The van der Waals surface area contributed by atoms with Crippen molar-refractivity contribution in [3.8, 4) is 0 Å². The van der Waals surface area contributed by atoms with E-state index in [0.29, 0.717) is 23.2 Å². The van der Waals surface area contributed by atoms with Gasteiger partial charge in [-0.25, -0.2) is 9.97 Å². The van der Waals surface area contributed by atoms with E-state index >= 15 is 0 Å². The zero-order valence-electron chi connectivity index (χ0n) is 17.7. The van der Waals surface area contributed by atoms with Gasteiger partial charge in [-0.2, -0.15) is 0 Å². The van der Waals surface area contributed by atoms with Crippen molar-refractivity contribution in [1.29, 1.82) is 0 Å². The Balaban J connectivity index is 1.36. The molecule has 2 aromatic rings. The Morgan fingerprint density at radius 3 is 2.93 bits per heavy atom. The van der Waals surface area contributed by atoms with Gasteiger partial charge >= 0.3 is 0 Å². The average molecular weight is 399 g/mol. The third kappa shape index (κ3) is 3.23. The SMILES string of the molecule is C[C@@H]1[C@H](C)[C@@H](CN2CCCC23CCCNCC3)O[C@H]1n1ccc2c(N)ncnc21. The first-order valence-electron chi connectivity index (χ1n) is 11.3. The topological polar surface area (TPSA) is 81.2 Å². The van der Waals surface area contributed by atoms with Gasteiger partial charge in [-0.3, -0.25) is 4.90 Å². The van der Waals surface area contributed by atoms with E-state index in [1.54, 1.807) is 6.33 Å². The van der Waals surface area contributed by atoms with Crippen LogP contribution in [0.5, 0.6) is 0 Å². The Bertz CT molecular complexity index is 858. The molecule has 5 heterocycles. The zero-order valence-corrected chi connectivity index (χ0v) is 17.7. The lowest BCUT2D eigenvalue weighted by Crippen LogP contribution is -2.48. The summed E-state index contributed by atoms with van der Waals surface area (Å²) in [6.45, 7) is 9.22. The minimum Gasteiger partial charge on any atom is -0.383 e. The van der Waals surface area contributed by atoms with Crippen LogP contribution in [-0.2, 0) is 4.74 Å². The van der Waals surface area contributed by atoms with Gasteiger partial charge in [-0.1, -0.05) is 13.8 Å². The highest BCUT2D eigenvalue weighted by atomic mass is 16.5. The number of ether oxygens (including phenoxy) is 1. The second-order valence-corrected chi connectivity index (χ2v) is 9.38. The largest absolute Gasteiger partial charge is 0.383 e. The van der Waals surface area contributed by atoms with Crippen LogP contribution >= 0.6 is 0 Å². The second-order valence-electron chi connectivity index (χ2n) is 9.38. The number of nitrogen functional groups attached to an aromatic ring is 1. The Morgan fingerprint density at radius 2 is 2.03 bits per heavy atom. The molecule has 3 fully saturated rings. The highest BCUT2D eigenvalue weighted by Crippen LogP contribution is 2.43. The number of nitrogens with zero attached hydrogens (tertiary/aromatic N) is 4. The number of hydrogen-bond acceptors (Lipinski definition) is 6. The van der Waals surface area contributed by atoms with Gasteiger partial charge < -0.3 is 20.4 Å². The summed E-state index contributed by atoms with van der Waals surface area (Å²) in [5.74, 6) is 1.45. The normalized spacial score (nSPS) is 36.2. The molecule has 0 aromatic carbocycles. The first-order valence-corrected chi connectivity index (χ1v) is 11.3. The number of nitrogens with two attached hydrogens (primary N) is 1. The van der Waals surface area contributed by atoms with Crippen LogP contribution in [0.15, 0.2) is 18.6 Å². The predicted molar refractivity (Wildman–Crippen MR) is 114 cm³/mol. The number of anilines is 1. The predicted octanol–water partition coefficient (Wildman–Crippen LogP) is 2.79. The standard InChI is InChI=1S/C22H34N6O/c1-15-16(2)21(28-12-5-17-19(23)25-14-26-20(17)28)29-18(15)13-27-11-4-7-22(27)6-3-9-24-10-8-22/h5,12,14-16,18,21,24H,3-4,6-11,13H2,1-2H3,(H2,23,25,26)/t15-,16+,18+,21+,22?/m0/s1. The fourth-order valence-corrected chi connectivity index (χ4v) is 5.93. The molecule has 29 heavy (non-hydrogen) atoms. The van der Waals surface area contributed by atoms with Gasteiger partial charge in [0.25, 0.3) is 0 Å². The lowest BCUT2D eigenvalue weighted by atomic mass is 9.86. The molecule has 2 aromatic heterocycles. The van der Waals surface area contributed by atoms with Crippen molar-refractivity contribution in [2.24, 2.45) is 11.8 Å². The monoisotopic (exact) mass is 398 g/mol. The summed E-state index contributed by atoms with van der Waals surface area (Å²) in [4.78, 5) is 11.4. The van der Waals surface area contributed by atoms with Crippen molar-refractivity contribution in [3.63, 3.8) is 0 Å². The number of aromatic nitrogens is 3. The van der Waals surface area contributed by atoms with Crippen molar-refractivity contribution in [2.45, 2.75) is 63.8 Å². The summed E-state index contributed by atoms with van der Waals surface area (Å²) < 4.78 is 8.87. The first-order chi connectivity index (χ1) is 14.1. The number of likely N-dealkylation sites (tertiary alicyclic amines) is 1. The molecule has 5 atom stereocenters. The smallest absolute Gasteiger partial charge is 0.147 e. The van der Waals surface area contributed by atoms with Gasteiger partial charge in [-0.05, 0) is 63.7 Å². The lowest BCUT2D eigenvalue weighted by molar-refractivity contribution is -0.0369. The molecule has 5 rings (SSSR count). The fraction of sp³-hybridized carbons (Fsp3) is 0.727. The second kappa shape index (κ2) is 7.52. The molecule has 7 nitrogen and oxygen atoms in total. The Kier molecular flexibility index (Phi) is 5.00. The Hall–Kier alpha value is -1.70. The highest BCUT2D eigenvalue weighted by Gasteiger charge is 2.46. The molecule has 0 amide bonds. The average Bonchev–Trinajstić information content (AvgIpc) is 3.32. The summed E-state index contributed by atoms with van der Waals surface area (Å²) in [7, 11) is 0. The first kappa shape index (κ1) is 19.3. The van der Waals surface area contributed by atoms with E-state index in [2.05, 4.69) is 44.8 Å². The van der Waals surface area contributed by atoms with Crippen LogP contribution in [0.4, 0.5) is 5.82 Å². The summed E-state index contributed by atoms with van der Waals surface area (Å²) in [5, 5.41) is 4.50. The van der Waals surface area contributed by atoms with E-state index in [9.17, 15) is 0 Å². The van der Waals surface area contributed by atoms with Crippen LogP contribution in [0.1, 0.15) is 52.2 Å². The molecule has 0 saturated carbocycles. The van der Waals surface area contributed by atoms with Gasteiger partial charge in [0, 0.05) is 24.2 Å². The van der Waals surface area contributed by atoms with E-state index < -0.39 is 0 Å². The van der Waals surface area contributed by atoms with Crippen molar-refractivity contribution in [2.75, 3.05) is 31.9 Å². The molecular formula is C22H34N6O. The molecule has 0 radical (unpaired) electrons. The van der Waals surface area contributed by atoms with Gasteiger partial charge in [-0.15, -0.1) is 0 Å². The maximum absolute atomic E-state index is 6.71. The number of rotatable bonds is 3. The van der Waals surface area contributed by atoms with E-state index in [4.69, 9.17) is 10.5 Å². The molecule has 3 N–H and O–H groups in total. The van der Waals surface area contributed by atoms with Crippen LogP contribution in [0, 0.1) is 11.8 Å². The van der Waals surface area contributed by atoms with Crippen molar-refractivity contribution in [1.82, 2.24) is 24.8 Å². The lowest BCUT2D eigenvalue weighted by Gasteiger charge is -2.40. The molecule has 7 heteroatoms. The fourth-order valence-electron chi connectivity index (χ4n) is 5.93. The minimum absolute atomic E-state index is 0.00356. The maximum atomic E-state index is 6.71. The zero-order chi connectivity index (χ0) is 20.0. The van der Waals surface area contributed by atoms with Crippen LogP contribution in [0.3, 0.4) is 0 Å². The van der Waals surface area contributed by atoms with E-state index in [-0.39, 0.29) is 12.3 Å². The number of hydrogen-bond donors (Lipinski definition) is 2. The Labute approximate surface area is 173 Å². The Morgan fingerprint density at radius 1 is 1.17 bits per heavy atom. The van der Waals surface area contributed by atoms with Crippen LogP contribution in [0.2, 0.25) is 0 Å². The van der Waals surface area contributed by atoms with Gasteiger partial charge in [0.15, 0.2) is 0 Å².